The molecule has 0 aliphatic carbocycles. The minimum absolute atomic E-state index is 0.208. The molecule has 1 N–H and O–H groups in total. The van der Waals surface area contributed by atoms with Gasteiger partial charge in [0.05, 0.1) is 13.2 Å². The average molecular weight is 252 g/mol. The predicted octanol–water partition coefficient (Wildman–Crippen LogP) is 3.17. The van der Waals surface area contributed by atoms with Crippen LogP contribution >= 0.6 is 11.3 Å². The Morgan fingerprint density at radius 2 is 2.24 bits per heavy atom. The molecule has 1 aromatic heterocycles. The number of halogens is 1. The molecule has 0 saturated carbocycles. The van der Waals surface area contributed by atoms with Gasteiger partial charge in [-0.2, -0.15) is 11.3 Å². The van der Waals surface area contributed by atoms with Crippen molar-refractivity contribution in [2.24, 2.45) is 0 Å². The van der Waals surface area contributed by atoms with Crippen molar-refractivity contribution in [3.8, 4) is 5.75 Å². The lowest BCUT2D eigenvalue weighted by Crippen LogP contribution is -2.03. The SMILES string of the molecule is COc1cccc(CC(O)c2ccsc2)c1F. The van der Waals surface area contributed by atoms with E-state index in [9.17, 15) is 9.50 Å². The first kappa shape index (κ1) is 12.1. The van der Waals surface area contributed by atoms with Gasteiger partial charge >= 0.3 is 0 Å². The smallest absolute Gasteiger partial charge is 0.168 e. The fourth-order valence-corrected chi connectivity index (χ4v) is 2.37. The van der Waals surface area contributed by atoms with Crippen molar-refractivity contribution in [1.82, 2.24) is 0 Å². The van der Waals surface area contributed by atoms with Gasteiger partial charge in [0.2, 0.25) is 0 Å². The predicted molar refractivity (Wildman–Crippen MR) is 65.9 cm³/mol. The van der Waals surface area contributed by atoms with Crippen LogP contribution in [0.4, 0.5) is 4.39 Å². The Morgan fingerprint density at radius 3 is 2.88 bits per heavy atom. The van der Waals surface area contributed by atoms with Crippen LogP contribution in [0.2, 0.25) is 0 Å². The van der Waals surface area contributed by atoms with E-state index in [1.165, 1.54) is 18.4 Å². The van der Waals surface area contributed by atoms with E-state index in [-0.39, 0.29) is 12.2 Å². The molecule has 0 aliphatic heterocycles. The molecule has 2 nitrogen and oxygen atoms in total. The number of methoxy groups -OCH3 is 1. The van der Waals surface area contributed by atoms with Gasteiger partial charge < -0.3 is 9.84 Å². The third kappa shape index (κ3) is 2.65. The summed E-state index contributed by atoms with van der Waals surface area (Å²) in [7, 11) is 1.43. The Labute approximate surface area is 103 Å². The van der Waals surface area contributed by atoms with Crippen LogP contribution in [-0.2, 0) is 6.42 Å². The lowest BCUT2D eigenvalue weighted by atomic mass is 10.0. The Balaban J connectivity index is 2.19. The molecule has 1 aromatic carbocycles. The summed E-state index contributed by atoms with van der Waals surface area (Å²) < 4.78 is 18.7. The van der Waals surface area contributed by atoms with Crippen LogP contribution in [0.25, 0.3) is 0 Å². The normalized spacial score (nSPS) is 12.4. The van der Waals surface area contributed by atoms with E-state index in [1.54, 1.807) is 18.2 Å². The van der Waals surface area contributed by atoms with Crippen molar-refractivity contribution in [3.63, 3.8) is 0 Å². The first-order valence-electron chi connectivity index (χ1n) is 5.24. The monoisotopic (exact) mass is 252 g/mol. The van der Waals surface area contributed by atoms with Crippen molar-refractivity contribution >= 4 is 11.3 Å². The second-order valence-corrected chi connectivity index (χ2v) is 4.49. The van der Waals surface area contributed by atoms with E-state index in [0.29, 0.717) is 5.56 Å². The summed E-state index contributed by atoms with van der Waals surface area (Å²) >= 11 is 1.51. The minimum atomic E-state index is -0.678. The van der Waals surface area contributed by atoms with Crippen molar-refractivity contribution in [2.45, 2.75) is 12.5 Å². The maximum atomic E-state index is 13.8. The Bertz CT molecular complexity index is 482. The molecule has 1 heterocycles. The third-order valence-corrected chi connectivity index (χ3v) is 3.31. The van der Waals surface area contributed by atoms with Crippen LogP contribution in [0.5, 0.6) is 5.75 Å². The molecular weight excluding hydrogens is 239 g/mol. The van der Waals surface area contributed by atoms with Gasteiger partial charge in [-0.15, -0.1) is 0 Å². The third-order valence-electron chi connectivity index (χ3n) is 2.60. The molecule has 0 bridgehead atoms. The van der Waals surface area contributed by atoms with Crippen molar-refractivity contribution in [2.75, 3.05) is 7.11 Å². The molecule has 90 valence electrons. The number of aliphatic hydroxyl groups excluding tert-OH is 1. The minimum Gasteiger partial charge on any atom is -0.494 e. The lowest BCUT2D eigenvalue weighted by Gasteiger charge is -2.11. The van der Waals surface area contributed by atoms with Gasteiger partial charge in [-0.1, -0.05) is 12.1 Å². The molecule has 4 heteroatoms. The van der Waals surface area contributed by atoms with Crippen LogP contribution < -0.4 is 4.74 Å². The molecule has 0 aliphatic rings. The highest BCUT2D eigenvalue weighted by Gasteiger charge is 2.14. The zero-order valence-corrected chi connectivity index (χ0v) is 10.2. The molecule has 2 aromatic rings. The molecule has 2 rings (SSSR count). The average Bonchev–Trinajstić information content (AvgIpc) is 2.85. The van der Waals surface area contributed by atoms with Crippen LogP contribution in [0.15, 0.2) is 35.0 Å². The van der Waals surface area contributed by atoms with E-state index in [2.05, 4.69) is 0 Å². The van der Waals surface area contributed by atoms with Gasteiger partial charge in [-0.05, 0) is 34.0 Å². The molecule has 0 amide bonds. The molecule has 0 saturated heterocycles. The quantitative estimate of drug-likeness (QED) is 0.905. The van der Waals surface area contributed by atoms with Gasteiger partial charge in [0, 0.05) is 6.42 Å². The first-order valence-corrected chi connectivity index (χ1v) is 6.18. The highest BCUT2D eigenvalue weighted by molar-refractivity contribution is 7.07. The van der Waals surface area contributed by atoms with Gasteiger partial charge in [0.25, 0.3) is 0 Å². The highest BCUT2D eigenvalue weighted by atomic mass is 32.1. The maximum Gasteiger partial charge on any atom is 0.168 e. The molecule has 0 fully saturated rings. The van der Waals surface area contributed by atoms with Gasteiger partial charge in [-0.3, -0.25) is 0 Å². The summed E-state index contributed by atoms with van der Waals surface area (Å²) in [6, 6.07) is 6.79. The standard InChI is InChI=1S/C13H13FO2S/c1-16-12-4-2-3-9(13(12)14)7-11(15)10-5-6-17-8-10/h2-6,8,11,15H,7H2,1H3. The number of aliphatic hydroxyl groups is 1. The fourth-order valence-electron chi connectivity index (χ4n) is 1.66. The second-order valence-electron chi connectivity index (χ2n) is 3.71. The summed E-state index contributed by atoms with van der Waals surface area (Å²) in [5.74, 6) is -0.190. The number of benzene rings is 1. The Kier molecular flexibility index (Phi) is 3.76. The number of ether oxygens (including phenoxy) is 1. The van der Waals surface area contributed by atoms with E-state index < -0.39 is 11.9 Å². The molecular formula is C13H13FO2S. The lowest BCUT2D eigenvalue weighted by molar-refractivity contribution is 0.177. The zero-order valence-electron chi connectivity index (χ0n) is 9.39. The van der Waals surface area contributed by atoms with E-state index in [1.807, 2.05) is 16.8 Å². The first-order chi connectivity index (χ1) is 8.22. The molecule has 1 unspecified atom stereocenters. The molecule has 1 atom stereocenters. The van der Waals surface area contributed by atoms with Crippen LogP contribution in [-0.4, -0.2) is 12.2 Å². The highest BCUT2D eigenvalue weighted by Crippen LogP contribution is 2.25. The topological polar surface area (TPSA) is 29.5 Å². The molecule has 0 radical (unpaired) electrons. The van der Waals surface area contributed by atoms with Crippen molar-refractivity contribution < 1.29 is 14.2 Å². The van der Waals surface area contributed by atoms with E-state index >= 15 is 0 Å². The summed E-state index contributed by atoms with van der Waals surface area (Å²) in [5.41, 5.74) is 1.28. The molecule has 17 heavy (non-hydrogen) atoms. The van der Waals surface area contributed by atoms with Crippen molar-refractivity contribution in [3.05, 3.63) is 52.0 Å². The van der Waals surface area contributed by atoms with E-state index in [0.717, 1.165) is 5.56 Å². The Hall–Kier alpha value is -1.39. The zero-order chi connectivity index (χ0) is 12.3. The number of thiophene rings is 1. The number of hydrogen-bond acceptors (Lipinski definition) is 3. The van der Waals surface area contributed by atoms with Crippen LogP contribution in [0.1, 0.15) is 17.2 Å². The largest absolute Gasteiger partial charge is 0.494 e. The second kappa shape index (κ2) is 5.29. The van der Waals surface area contributed by atoms with Gasteiger partial charge in [0.1, 0.15) is 0 Å². The van der Waals surface area contributed by atoms with Crippen molar-refractivity contribution in [1.29, 1.82) is 0 Å². The van der Waals surface area contributed by atoms with Gasteiger partial charge in [-0.25, -0.2) is 4.39 Å². The number of hydrogen-bond donors (Lipinski definition) is 1. The van der Waals surface area contributed by atoms with Crippen LogP contribution in [0, 0.1) is 5.82 Å². The fraction of sp³-hybridized carbons (Fsp3) is 0.231. The van der Waals surface area contributed by atoms with E-state index in [4.69, 9.17) is 4.74 Å². The van der Waals surface area contributed by atoms with Gasteiger partial charge in [0.15, 0.2) is 11.6 Å². The Morgan fingerprint density at radius 1 is 1.41 bits per heavy atom. The summed E-state index contributed by atoms with van der Waals surface area (Å²) in [6.45, 7) is 0. The summed E-state index contributed by atoms with van der Waals surface area (Å²) in [6.07, 6.45) is -0.428. The molecule has 0 spiro atoms. The van der Waals surface area contributed by atoms with Crippen LogP contribution in [0.3, 0.4) is 0 Å². The summed E-state index contributed by atoms with van der Waals surface area (Å²) in [4.78, 5) is 0. The maximum absolute atomic E-state index is 13.8. The number of rotatable bonds is 4. The summed E-state index contributed by atoms with van der Waals surface area (Å²) in [5, 5.41) is 13.7.